The molecule has 2 rings (SSSR count). The molecule has 17 heavy (non-hydrogen) atoms. The standard InChI is InChI=1S/C12H9FO4/c1-5(14)10-6(2)17-9-4-7(13)3-8(15)11(9)12(10)16/h3-4,15H,1-2H3. The quantitative estimate of drug-likeness (QED) is 0.770. The largest absolute Gasteiger partial charge is 0.507 e. The molecule has 0 bridgehead atoms. The highest BCUT2D eigenvalue weighted by atomic mass is 19.1. The summed E-state index contributed by atoms with van der Waals surface area (Å²) >= 11 is 0. The second kappa shape index (κ2) is 3.69. The topological polar surface area (TPSA) is 67.5 Å². The Morgan fingerprint density at radius 2 is 2.06 bits per heavy atom. The first kappa shape index (κ1) is 11.3. The number of carbonyl (C=O) groups is 1. The number of phenolic OH excluding ortho intramolecular Hbond substituents is 1. The molecule has 88 valence electrons. The number of aryl methyl sites for hydroxylation is 1. The zero-order chi connectivity index (χ0) is 12.7. The van der Waals surface area contributed by atoms with Crippen LogP contribution in [0.25, 0.3) is 11.0 Å². The van der Waals surface area contributed by atoms with Crippen LogP contribution in [-0.2, 0) is 0 Å². The van der Waals surface area contributed by atoms with Gasteiger partial charge in [0.25, 0.3) is 0 Å². The van der Waals surface area contributed by atoms with Gasteiger partial charge in [0.15, 0.2) is 5.78 Å². The minimum absolute atomic E-state index is 0.0741. The summed E-state index contributed by atoms with van der Waals surface area (Å²) in [5.74, 6) is -1.59. The van der Waals surface area contributed by atoms with Crippen molar-refractivity contribution in [1.29, 1.82) is 0 Å². The van der Waals surface area contributed by atoms with E-state index in [0.717, 1.165) is 12.1 Å². The van der Waals surface area contributed by atoms with Crippen molar-refractivity contribution in [2.75, 3.05) is 0 Å². The van der Waals surface area contributed by atoms with Crippen LogP contribution in [0.15, 0.2) is 21.3 Å². The highest BCUT2D eigenvalue weighted by Crippen LogP contribution is 2.25. The van der Waals surface area contributed by atoms with E-state index in [0.29, 0.717) is 0 Å². The van der Waals surface area contributed by atoms with Crippen molar-refractivity contribution in [3.05, 3.63) is 39.5 Å². The van der Waals surface area contributed by atoms with Crippen LogP contribution in [0.5, 0.6) is 5.75 Å². The van der Waals surface area contributed by atoms with Crippen molar-refractivity contribution in [2.45, 2.75) is 13.8 Å². The molecule has 0 unspecified atom stereocenters. The first-order chi connectivity index (χ1) is 7.91. The second-order valence-electron chi connectivity index (χ2n) is 3.72. The average molecular weight is 236 g/mol. The maximum absolute atomic E-state index is 13.0. The molecule has 0 fully saturated rings. The van der Waals surface area contributed by atoms with Gasteiger partial charge in [-0.1, -0.05) is 0 Å². The summed E-state index contributed by atoms with van der Waals surface area (Å²) in [5, 5.41) is 9.34. The molecular weight excluding hydrogens is 227 g/mol. The highest BCUT2D eigenvalue weighted by Gasteiger charge is 2.18. The fourth-order valence-electron chi connectivity index (χ4n) is 1.79. The van der Waals surface area contributed by atoms with Gasteiger partial charge in [0.2, 0.25) is 5.43 Å². The zero-order valence-corrected chi connectivity index (χ0v) is 9.20. The molecule has 1 N–H and O–H groups in total. The van der Waals surface area contributed by atoms with Gasteiger partial charge in [-0.25, -0.2) is 4.39 Å². The lowest BCUT2D eigenvalue weighted by atomic mass is 10.1. The molecule has 1 aromatic carbocycles. The molecule has 0 spiro atoms. The number of hydrogen-bond acceptors (Lipinski definition) is 4. The van der Waals surface area contributed by atoms with E-state index in [2.05, 4.69) is 0 Å². The second-order valence-corrected chi connectivity index (χ2v) is 3.72. The summed E-state index contributed by atoms with van der Waals surface area (Å²) < 4.78 is 18.2. The van der Waals surface area contributed by atoms with E-state index < -0.39 is 22.8 Å². The van der Waals surface area contributed by atoms with Gasteiger partial charge in [-0.15, -0.1) is 0 Å². The Morgan fingerprint density at radius 3 is 2.65 bits per heavy atom. The number of ketones is 1. The lowest BCUT2D eigenvalue weighted by molar-refractivity contribution is 0.101. The Labute approximate surface area is 95.3 Å². The van der Waals surface area contributed by atoms with Gasteiger partial charge in [0.1, 0.15) is 33.9 Å². The van der Waals surface area contributed by atoms with Gasteiger partial charge in [-0.2, -0.15) is 0 Å². The van der Waals surface area contributed by atoms with Gasteiger partial charge >= 0.3 is 0 Å². The van der Waals surface area contributed by atoms with Crippen LogP contribution in [0, 0.1) is 12.7 Å². The molecule has 0 saturated carbocycles. The van der Waals surface area contributed by atoms with Crippen molar-refractivity contribution >= 4 is 16.8 Å². The third-order valence-electron chi connectivity index (χ3n) is 2.47. The van der Waals surface area contributed by atoms with Crippen molar-refractivity contribution in [2.24, 2.45) is 0 Å². The average Bonchev–Trinajstić information content (AvgIpc) is 2.13. The number of phenols is 1. The molecule has 0 aliphatic heterocycles. The lowest BCUT2D eigenvalue weighted by Crippen LogP contribution is -2.15. The van der Waals surface area contributed by atoms with Gasteiger partial charge in [0, 0.05) is 12.1 Å². The molecule has 4 nitrogen and oxygen atoms in total. The van der Waals surface area contributed by atoms with Gasteiger partial charge in [-0.05, 0) is 13.8 Å². The number of fused-ring (bicyclic) bond motifs is 1. The number of aromatic hydroxyl groups is 1. The molecule has 1 aromatic heterocycles. The number of Topliss-reactive ketones (excluding diaryl/α,β-unsaturated/α-hetero) is 1. The molecule has 0 saturated heterocycles. The van der Waals surface area contributed by atoms with E-state index in [9.17, 15) is 19.1 Å². The third-order valence-corrected chi connectivity index (χ3v) is 2.47. The van der Waals surface area contributed by atoms with Gasteiger partial charge in [0.05, 0.1) is 0 Å². The van der Waals surface area contributed by atoms with Gasteiger partial charge in [-0.3, -0.25) is 9.59 Å². The maximum atomic E-state index is 13.0. The minimum Gasteiger partial charge on any atom is -0.507 e. The van der Waals surface area contributed by atoms with Crippen molar-refractivity contribution in [3.63, 3.8) is 0 Å². The molecule has 0 radical (unpaired) electrons. The molecule has 2 aromatic rings. The molecular formula is C12H9FO4. The monoisotopic (exact) mass is 236 g/mol. The molecule has 0 amide bonds. The lowest BCUT2D eigenvalue weighted by Gasteiger charge is -2.05. The first-order valence-electron chi connectivity index (χ1n) is 4.88. The van der Waals surface area contributed by atoms with Crippen LogP contribution in [-0.4, -0.2) is 10.9 Å². The fourth-order valence-corrected chi connectivity index (χ4v) is 1.79. The van der Waals surface area contributed by atoms with Crippen molar-refractivity contribution in [1.82, 2.24) is 0 Å². The van der Waals surface area contributed by atoms with Crippen LogP contribution in [0.1, 0.15) is 23.0 Å². The first-order valence-corrected chi connectivity index (χ1v) is 4.88. The summed E-state index contributed by atoms with van der Waals surface area (Å²) in [6, 6.07) is 1.80. The van der Waals surface area contributed by atoms with Crippen LogP contribution in [0.2, 0.25) is 0 Å². The number of carbonyl (C=O) groups excluding carboxylic acids is 1. The molecule has 0 atom stereocenters. The summed E-state index contributed by atoms with van der Waals surface area (Å²) in [4.78, 5) is 23.3. The third kappa shape index (κ3) is 1.69. The summed E-state index contributed by atoms with van der Waals surface area (Å²) in [6.07, 6.45) is 0. The molecule has 5 heteroatoms. The Morgan fingerprint density at radius 1 is 1.41 bits per heavy atom. The molecule has 0 aliphatic rings. The van der Waals surface area contributed by atoms with E-state index in [1.54, 1.807) is 0 Å². The highest BCUT2D eigenvalue weighted by molar-refractivity contribution is 5.98. The van der Waals surface area contributed by atoms with E-state index in [4.69, 9.17) is 4.42 Å². The van der Waals surface area contributed by atoms with Crippen LogP contribution in [0.3, 0.4) is 0 Å². The Bertz CT molecular complexity index is 685. The van der Waals surface area contributed by atoms with Crippen molar-refractivity contribution < 1.29 is 18.7 Å². The van der Waals surface area contributed by atoms with Crippen LogP contribution < -0.4 is 5.43 Å². The Hall–Kier alpha value is -2.17. The van der Waals surface area contributed by atoms with E-state index in [1.807, 2.05) is 0 Å². The zero-order valence-electron chi connectivity index (χ0n) is 9.20. The number of halogens is 1. The minimum atomic E-state index is -0.715. The van der Waals surface area contributed by atoms with E-state index in [1.165, 1.54) is 13.8 Å². The fraction of sp³-hybridized carbons (Fsp3) is 0.167. The molecule has 0 aliphatic carbocycles. The molecule has 1 heterocycles. The summed E-state index contributed by atoms with van der Waals surface area (Å²) in [6.45, 7) is 2.67. The normalized spacial score (nSPS) is 10.8. The predicted octanol–water partition coefficient (Wildman–Crippen LogP) is 2.15. The predicted molar refractivity (Wildman–Crippen MR) is 58.8 cm³/mol. The van der Waals surface area contributed by atoms with Crippen molar-refractivity contribution in [3.8, 4) is 5.75 Å². The van der Waals surface area contributed by atoms with E-state index >= 15 is 0 Å². The van der Waals surface area contributed by atoms with Crippen LogP contribution >= 0.6 is 0 Å². The maximum Gasteiger partial charge on any atom is 0.207 e. The number of benzene rings is 1. The Kier molecular flexibility index (Phi) is 2.46. The number of rotatable bonds is 1. The van der Waals surface area contributed by atoms with E-state index in [-0.39, 0.29) is 22.3 Å². The summed E-state index contributed by atoms with van der Waals surface area (Å²) in [5.41, 5.74) is -0.844. The Balaban J connectivity index is 3.03. The number of hydrogen-bond donors (Lipinski definition) is 1. The van der Waals surface area contributed by atoms with Gasteiger partial charge < -0.3 is 9.52 Å². The smallest absolute Gasteiger partial charge is 0.207 e. The van der Waals surface area contributed by atoms with Crippen LogP contribution in [0.4, 0.5) is 4.39 Å². The SMILES string of the molecule is CC(=O)c1c(C)oc2cc(F)cc(O)c2c1=O. The summed E-state index contributed by atoms with van der Waals surface area (Å²) in [7, 11) is 0.